The van der Waals surface area contributed by atoms with Crippen LogP contribution in [-0.4, -0.2) is 0 Å². The molecule has 0 saturated carbocycles. The third kappa shape index (κ3) is 5.08. The van der Waals surface area contributed by atoms with E-state index < -0.39 is 8.01 Å². The number of hydrogen-bond acceptors (Lipinski definition) is 2. The van der Waals surface area contributed by atoms with Crippen LogP contribution in [0.25, 0.3) is 32.9 Å². The highest BCUT2D eigenvalue weighted by Gasteiger charge is 2.26. The summed E-state index contributed by atoms with van der Waals surface area (Å²) in [5.41, 5.74) is 5.98. The Labute approximate surface area is 219 Å². The van der Waals surface area contributed by atoms with Crippen molar-refractivity contribution in [2.75, 3.05) is 0 Å². The fourth-order valence-corrected chi connectivity index (χ4v) is 6.02. The SMILES string of the molecule is CC(C)(C)c1cc(C(C)(C)C)c2cc3op(C(C)(C)C)oc(C(C)(C)C)cc3c(-[c-]3cccc3)c2c1. The first-order valence-corrected chi connectivity index (χ1v) is 14.3. The molecule has 1 heterocycles. The molecular weight excluding hydrogens is 459 g/mol. The van der Waals surface area contributed by atoms with Gasteiger partial charge < -0.3 is 8.39 Å². The van der Waals surface area contributed by atoms with Gasteiger partial charge in [0.25, 0.3) is 0 Å². The van der Waals surface area contributed by atoms with Crippen molar-refractivity contribution in [3.8, 4) is 11.1 Å². The molecule has 1 atom stereocenters. The lowest BCUT2D eigenvalue weighted by atomic mass is 9.77. The lowest BCUT2D eigenvalue weighted by Crippen LogP contribution is -2.17. The van der Waals surface area contributed by atoms with E-state index in [2.05, 4.69) is 132 Å². The first-order valence-electron chi connectivity index (χ1n) is 13.1. The van der Waals surface area contributed by atoms with Crippen molar-refractivity contribution in [1.82, 2.24) is 0 Å². The summed E-state index contributed by atoms with van der Waals surface area (Å²) < 4.78 is 13.6. The van der Waals surface area contributed by atoms with E-state index in [1.807, 2.05) is 0 Å². The van der Waals surface area contributed by atoms with Gasteiger partial charge >= 0.3 is 0 Å². The molecule has 1 unspecified atom stereocenters. The van der Waals surface area contributed by atoms with Gasteiger partial charge in [-0.1, -0.05) is 91.0 Å². The molecule has 0 saturated heterocycles. The Hall–Kier alpha value is -2.31. The Morgan fingerprint density at radius 1 is 0.611 bits per heavy atom. The van der Waals surface area contributed by atoms with Crippen LogP contribution in [0.5, 0.6) is 0 Å². The third-order valence-electron chi connectivity index (χ3n) is 6.81. The zero-order chi connectivity index (χ0) is 26.8. The molecule has 0 aliphatic heterocycles. The van der Waals surface area contributed by atoms with Gasteiger partial charge in [-0.05, 0) is 65.6 Å². The summed E-state index contributed by atoms with van der Waals surface area (Å²) in [6.07, 6.45) is 0. The number of fused-ring (bicyclic) bond motifs is 2. The highest BCUT2D eigenvalue weighted by molar-refractivity contribution is 7.38. The van der Waals surface area contributed by atoms with Gasteiger partial charge in [-0.25, -0.2) is 0 Å². The van der Waals surface area contributed by atoms with Crippen molar-refractivity contribution in [3.63, 3.8) is 0 Å². The second kappa shape index (κ2) is 8.63. The molecule has 0 aliphatic rings. The molecule has 0 radical (unpaired) electrons. The lowest BCUT2D eigenvalue weighted by Gasteiger charge is -2.29. The predicted octanol–water partition coefficient (Wildman–Crippen LogP) is 11.3. The largest absolute Gasteiger partial charge is 0.427 e. The van der Waals surface area contributed by atoms with E-state index in [1.54, 1.807) is 0 Å². The quantitative estimate of drug-likeness (QED) is 0.241. The fraction of sp³-hybridized carbons (Fsp3) is 0.485. The van der Waals surface area contributed by atoms with Crippen LogP contribution < -0.4 is 0 Å². The normalized spacial score (nSPS) is 14.1. The summed E-state index contributed by atoms with van der Waals surface area (Å²) in [6, 6.07) is 18.1. The van der Waals surface area contributed by atoms with Crippen molar-refractivity contribution in [1.29, 1.82) is 0 Å². The van der Waals surface area contributed by atoms with Crippen molar-refractivity contribution >= 4 is 29.8 Å². The second-order valence-corrected chi connectivity index (χ2v) is 16.5. The standard InChI is InChI=1S/C33H44O2P/c1-30(2,3)22-17-24-23(26(18-22)31(4,5)6)19-27-25(29(24)21-15-13-14-16-21)20-28(32(7,8)9)35-36(34-27)33(10,11)12/h13-20H,1-12H3/q-1. The Morgan fingerprint density at radius 2 is 1.22 bits per heavy atom. The van der Waals surface area contributed by atoms with E-state index in [-0.39, 0.29) is 21.4 Å². The first-order chi connectivity index (χ1) is 16.4. The average molecular weight is 504 g/mol. The second-order valence-electron chi connectivity index (χ2n) is 14.3. The maximum atomic E-state index is 6.85. The van der Waals surface area contributed by atoms with Gasteiger partial charge in [0.15, 0.2) is 0 Å². The summed E-state index contributed by atoms with van der Waals surface area (Å²) >= 11 is 0. The van der Waals surface area contributed by atoms with E-state index >= 15 is 0 Å². The molecular formula is C33H44O2P-. The van der Waals surface area contributed by atoms with Gasteiger partial charge in [0.1, 0.15) is 11.3 Å². The minimum atomic E-state index is -1.19. The molecule has 0 bridgehead atoms. The molecule has 4 rings (SSSR count). The topological polar surface area (TPSA) is 26.3 Å². The Bertz CT molecular complexity index is 1440. The monoisotopic (exact) mass is 503 g/mol. The van der Waals surface area contributed by atoms with Crippen LogP contribution >= 0.6 is 8.01 Å². The first kappa shape index (κ1) is 26.7. The van der Waals surface area contributed by atoms with Crippen LogP contribution in [-0.2, 0) is 21.4 Å². The van der Waals surface area contributed by atoms with Crippen LogP contribution in [0.3, 0.4) is 0 Å². The molecule has 3 heteroatoms. The van der Waals surface area contributed by atoms with Crippen LogP contribution in [0.1, 0.15) is 100.0 Å². The van der Waals surface area contributed by atoms with E-state index in [0.29, 0.717) is 0 Å². The number of rotatable bonds is 1. The molecule has 4 aromatic rings. The van der Waals surface area contributed by atoms with Crippen molar-refractivity contribution < 1.29 is 8.39 Å². The molecule has 0 aliphatic carbocycles. The van der Waals surface area contributed by atoms with Crippen molar-refractivity contribution in [2.24, 2.45) is 0 Å². The van der Waals surface area contributed by atoms with Crippen LogP contribution in [0.2, 0.25) is 0 Å². The average Bonchev–Trinajstić information content (AvgIpc) is 3.14. The third-order valence-corrected chi connectivity index (χ3v) is 8.63. The summed E-state index contributed by atoms with van der Waals surface area (Å²) in [6.45, 7) is 27.1. The van der Waals surface area contributed by atoms with Crippen LogP contribution in [0, 0.1) is 0 Å². The zero-order valence-corrected chi connectivity index (χ0v) is 25.3. The Morgan fingerprint density at radius 3 is 1.72 bits per heavy atom. The Balaban J connectivity index is 2.35. The molecule has 2 nitrogen and oxygen atoms in total. The smallest absolute Gasteiger partial charge is 0.221 e. The van der Waals surface area contributed by atoms with Gasteiger partial charge in [0.05, 0.1) is 5.16 Å². The molecule has 1 aromatic heterocycles. The summed E-state index contributed by atoms with van der Waals surface area (Å²) in [5.74, 6) is 0.984. The summed E-state index contributed by atoms with van der Waals surface area (Å²) in [5, 5.41) is 3.55. The zero-order valence-electron chi connectivity index (χ0n) is 24.4. The van der Waals surface area contributed by atoms with E-state index in [4.69, 9.17) is 8.39 Å². The van der Waals surface area contributed by atoms with Gasteiger partial charge in [-0.2, -0.15) is 12.1 Å². The maximum Gasteiger partial charge on any atom is 0.221 e. The van der Waals surface area contributed by atoms with E-state index in [9.17, 15) is 0 Å². The van der Waals surface area contributed by atoms with Gasteiger partial charge in [-0.3, -0.25) is 0 Å². The van der Waals surface area contributed by atoms with Gasteiger partial charge in [0.2, 0.25) is 8.01 Å². The Kier molecular flexibility index (Phi) is 6.41. The van der Waals surface area contributed by atoms with Crippen molar-refractivity contribution in [2.45, 2.75) is 104 Å². The maximum absolute atomic E-state index is 6.85. The minimum Gasteiger partial charge on any atom is -0.427 e. The molecule has 0 fully saturated rings. The molecule has 0 amide bonds. The molecule has 0 spiro atoms. The fourth-order valence-electron chi connectivity index (χ4n) is 4.60. The highest BCUT2D eigenvalue weighted by atomic mass is 31.1. The highest BCUT2D eigenvalue weighted by Crippen LogP contribution is 2.50. The summed E-state index contributed by atoms with van der Waals surface area (Å²) in [4.78, 5) is 0. The van der Waals surface area contributed by atoms with Gasteiger partial charge in [0, 0.05) is 5.41 Å². The minimum absolute atomic E-state index is 0.0144. The van der Waals surface area contributed by atoms with Crippen molar-refractivity contribution in [3.05, 3.63) is 65.4 Å². The van der Waals surface area contributed by atoms with E-state index in [1.165, 1.54) is 33.0 Å². The lowest BCUT2D eigenvalue weighted by molar-refractivity contribution is 0.429. The van der Waals surface area contributed by atoms with Crippen LogP contribution in [0.4, 0.5) is 0 Å². The summed E-state index contributed by atoms with van der Waals surface area (Å²) in [7, 11) is -1.19. The van der Waals surface area contributed by atoms with Gasteiger partial charge in [-0.15, -0.1) is 12.1 Å². The number of hydrogen-bond donors (Lipinski definition) is 0. The molecule has 3 aromatic carbocycles. The van der Waals surface area contributed by atoms with Crippen LogP contribution in [0.15, 0.2) is 56.9 Å². The molecule has 0 N–H and O–H groups in total. The van der Waals surface area contributed by atoms with E-state index in [0.717, 1.165) is 16.7 Å². The molecule has 36 heavy (non-hydrogen) atoms. The molecule has 194 valence electrons. The predicted molar refractivity (Wildman–Crippen MR) is 158 cm³/mol. The number of benzene rings is 2.